The molecule has 1 aliphatic carbocycles. The number of sulfonamides is 1. The molecule has 0 aliphatic heterocycles. The number of pyridine rings is 1. The van der Waals surface area contributed by atoms with Crippen molar-refractivity contribution >= 4 is 15.8 Å². The lowest BCUT2D eigenvalue weighted by Gasteiger charge is -2.06. The molecule has 0 amide bonds. The second kappa shape index (κ2) is 4.36. The largest absolute Gasteiger partial charge is 0.308 e. The molecule has 16 heavy (non-hydrogen) atoms. The molecule has 0 aromatic carbocycles. The second-order valence-corrected chi connectivity index (χ2v) is 5.58. The lowest BCUT2D eigenvalue weighted by molar-refractivity contribution is 0.577. The molecule has 6 nitrogen and oxygen atoms in total. The quantitative estimate of drug-likeness (QED) is 0.501. The maximum atomic E-state index is 11.8. The summed E-state index contributed by atoms with van der Waals surface area (Å²) in [6.07, 6.45) is 3.61. The van der Waals surface area contributed by atoms with Crippen LogP contribution in [0.15, 0.2) is 23.2 Å². The van der Waals surface area contributed by atoms with Gasteiger partial charge in [-0.05, 0) is 24.8 Å². The number of hydrogen-bond donors (Lipinski definition) is 3. The highest BCUT2D eigenvalue weighted by Crippen LogP contribution is 2.28. The maximum absolute atomic E-state index is 11.8. The fraction of sp³-hybridized carbons (Fsp3) is 0.444. The molecule has 0 bridgehead atoms. The van der Waals surface area contributed by atoms with Crippen molar-refractivity contribution in [3.63, 3.8) is 0 Å². The predicted octanol–water partition coefficient (Wildman–Crippen LogP) is 0.0555. The first-order chi connectivity index (χ1) is 7.62. The van der Waals surface area contributed by atoms with Crippen molar-refractivity contribution in [1.82, 2.24) is 9.71 Å². The normalized spacial score (nSPS) is 16.1. The number of hydrazine groups is 1. The summed E-state index contributed by atoms with van der Waals surface area (Å²) in [6, 6.07) is 2.84. The number of anilines is 1. The van der Waals surface area contributed by atoms with Crippen molar-refractivity contribution in [2.45, 2.75) is 17.7 Å². The number of nitrogens with two attached hydrogens (primary N) is 1. The van der Waals surface area contributed by atoms with E-state index in [9.17, 15) is 8.42 Å². The van der Waals surface area contributed by atoms with Crippen LogP contribution >= 0.6 is 0 Å². The number of nitrogens with zero attached hydrogens (tertiary/aromatic N) is 1. The number of rotatable bonds is 5. The van der Waals surface area contributed by atoms with E-state index in [0.717, 1.165) is 12.8 Å². The number of hydrogen-bond acceptors (Lipinski definition) is 5. The molecule has 7 heteroatoms. The molecule has 1 aromatic heterocycles. The standard InChI is InChI=1S/C9H14N4O2S/c10-13-9-5-8(3-4-11-9)16(14,15)12-6-7-1-2-7/h3-5,7,12H,1-2,6,10H2,(H,11,13). The molecule has 1 aromatic rings. The van der Waals surface area contributed by atoms with Gasteiger partial charge >= 0.3 is 0 Å². The van der Waals surface area contributed by atoms with Crippen molar-refractivity contribution in [3.05, 3.63) is 18.3 Å². The van der Waals surface area contributed by atoms with Gasteiger partial charge in [-0.3, -0.25) is 0 Å². The van der Waals surface area contributed by atoms with E-state index in [-0.39, 0.29) is 4.90 Å². The molecule has 0 radical (unpaired) electrons. The van der Waals surface area contributed by atoms with E-state index in [1.54, 1.807) is 0 Å². The van der Waals surface area contributed by atoms with E-state index in [2.05, 4.69) is 15.1 Å². The first-order valence-corrected chi connectivity index (χ1v) is 6.52. The third-order valence-corrected chi connectivity index (χ3v) is 3.87. The highest BCUT2D eigenvalue weighted by atomic mass is 32.2. The average Bonchev–Trinajstić information content (AvgIpc) is 3.10. The highest BCUT2D eigenvalue weighted by molar-refractivity contribution is 7.89. The summed E-state index contributed by atoms with van der Waals surface area (Å²) in [5.74, 6) is 6.00. The Morgan fingerprint density at radius 2 is 2.25 bits per heavy atom. The predicted molar refractivity (Wildman–Crippen MR) is 60.0 cm³/mol. The summed E-state index contributed by atoms with van der Waals surface area (Å²) in [6.45, 7) is 0.510. The van der Waals surface area contributed by atoms with Crippen LogP contribution < -0.4 is 16.0 Å². The molecule has 0 atom stereocenters. The Hall–Kier alpha value is -1.18. The van der Waals surface area contributed by atoms with Gasteiger partial charge in [0.15, 0.2) is 0 Å². The van der Waals surface area contributed by atoms with E-state index in [4.69, 9.17) is 5.84 Å². The zero-order valence-corrected chi connectivity index (χ0v) is 9.50. The summed E-state index contributed by atoms with van der Waals surface area (Å²) < 4.78 is 26.2. The van der Waals surface area contributed by atoms with Crippen molar-refractivity contribution in [2.24, 2.45) is 11.8 Å². The van der Waals surface area contributed by atoms with Gasteiger partial charge in [0.2, 0.25) is 10.0 Å². The van der Waals surface area contributed by atoms with E-state index < -0.39 is 10.0 Å². The second-order valence-electron chi connectivity index (χ2n) is 3.82. The molecule has 2 rings (SSSR count). The molecule has 0 unspecified atom stereocenters. The monoisotopic (exact) mass is 242 g/mol. The van der Waals surface area contributed by atoms with Gasteiger partial charge in [0, 0.05) is 18.8 Å². The Balaban J connectivity index is 2.13. The topological polar surface area (TPSA) is 97.1 Å². The fourth-order valence-corrected chi connectivity index (χ4v) is 2.42. The first-order valence-electron chi connectivity index (χ1n) is 5.04. The zero-order chi connectivity index (χ0) is 11.6. The van der Waals surface area contributed by atoms with Crippen LogP contribution in [0.25, 0.3) is 0 Å². The molecule has 0 spiro atoms. The minimum atomic E-state index is -3.43. The van der Waals surface area contributed by atoms with Crippen LogP contribution in [0.3, 0.4) is 0 Å². The Bertz CT molecular complexity index is 470. The molecule has 1 fully saturated rings. The SMILES string of the molecule is NNc1cc(S(=O)(=O)NCC2CC2)ccn1. The van der Waals surface area contributed by atoms with E-state index >= 15 is 0 Å². The maximum Gasteiger partial charge on any atom is 0.240 e. The van der Waals surface area contributed by atoms with Crippen LogP contribution in [0, 0.1) is 5.92 Å². The summed E-state index contributed by atoms with van der Waals surface area (Å²) in [7, 11) is -3.43. The van der Waals surface area contributed by atoms with Crippen molar-refractivity contribution in [3.8, 4) is 0 Å². The minimum absolute atomic E-state index is 0.177. The lowest BCUT2D eigenvalue weighted by atomic mass is 10.4. The van der Waals surface area contributed by atoms with E-state index in [1.165, 1.54) is 18.3 Å². The third kappa shape index (κ3) is 2.69. The smallest absolute Gasteiger partial charge is 0.240 e. The molecule has 1 saturated carbocycles. The first kappa shape index (κ1) is 11.3. The number of nitrogen functional groups attached to an aromatic ring is 1. The van der Waals surface area contributed by atoms with Crippen molar-refractivity contribution < 1.29 is 8.42 Å². The molecule has 0 saturated heterocycles. The molecular weight excluding hydrogens is 228 g/mol. The Kier molecular flexibility index (Phi) is 3.08. The highest BCUT2D eigenvalue weighted by Gasteiger charge is 2.24. The van der Waals surface area contributed by atoms with Crippen molar-refractivity contribution in [2.75, 3.05) is 12.0 Å². The van der Waals surface area contributed by atoms with Crippen LogP contribution in [-0.2, 0) is 10.0 Å². The van der Waals surface area contributed by atoms with Crippen LogP contribution in [0.5, 0.6) is 0 Å². The van der Waals surface area contributed by atoms with Gasteiger partial charge in [-0.25, -0.2) is 24.0 Å². The fourth-order valence-electron chi connectivity index (χ4n) is 1.29. The Morgan fingerprint density at radius 1 is 1.50 bits per heavy atom. The molecule has 1 aliphatic rings. The van der Waals surface area contributed by atoms with Crippen LogP contribution in [-0.4, -0.2) is 19.9 Å². The van der Waals surface area contributed by atoms with E-state index in [0.29, 0.717) is 18.3 Å². The van der Waals surface area contributed by atoms with Gasteiger partial charge in [0.05, 0.1) is 4.90 Å². The van der Waals surface area contributed by atoms with Gasteiger partial charge < -0.3 is 5.43 Å². The van der Waals surface area contributed by atoms with Crippen LogP contribution in [0.1, 0.15) is 12.8 Å². The van der Waals surface area contributed by atoms with Crippen LogP contribution in [0.4, 0.5) is 5.82 Å². The summed E-state index contributed by atoms with van der Waals surface area (Å²) in [5, 5.41) is 0. The Morgan fingerprint density at radius 3 is 2.88 bits per heavy atom. The summed E-state index contributed by atoms with van der Waals surface area (Å²) >= 11 is 0. The van der Waals surface area contributed by atoms with Gasteiger partial charge in [0.25, 0.3) is 0 Å². The molecule has 1 heterocycles. The van der Waals surface area contributed by atoms with Crippen molar-refractivity contribution in [1.29, 1.82) is 0 Å². The minimum Gasteiger partial charge on any atom is -0.308 e. The average molecular weight is 242 g/mol. The van der Waals surface area contributed by atoms with E-state index in [1.807, 2.05) is 0 Å². The number of nitrogens with one attached hydrogen (secondary N) is 2. The Labute approximate surface area is 94.3 Å². The zero-order valence-electron chi connectivity index (χ0n) is 8.68. The van der Waals surface area contributed by atoms with Gasteiger partial charge in [-0.1, -0.05) is 0 Å². The summed E-state index contributed by atoms with van der Waals surface area (Å²) in [5.41, 5.74) is 2.31. The number of aromatic nitrogens is 1. The third-order valence-electron chi connectivity index (χ3n) is 2.45. The van der Waals surface area contributed by atoms with Gasteiger partial charge in [-0.15, -0.1) is 0 Å². The summed E-state index contributed by atoms with van der Waals surface area (Å²) in [4.78, 5) is 4.03. The van der Waals surface area contributed by atoms with Gasteiger partial charge in [0.1, 0.15) is 5.82 Å². The van der Waals surface area contributed by atoms with Crippen LogP contribution in [0.2, 0.25) is 0 Å². The lowest BCUT2D eigenvalue weighted by Crippen LogP contribution is -2.26. The molecule has 4 N–H and O–H groups in total. The van der Waals surface area contributed by atoms with Gasteiger partial charge in [-0.2, -0.15) is 0 Å². The molecular formula is C9H14N4O2S. The molecule has 88 valence electrons.